The summed E-state index contributed by atoms with van der Waals surface area (Å²) in [5.74, 6) is 0.283. The Balaban J connectivity index is 1.95. The molecule has 0 bridgehead atoms. The van der Waals surface area contributed by atoms with E-state index in [1.807, 2.05) is 0 Å². The lowest BCUT2D eigenvalue weighted by Crippen LogP contribution is -2.15. The monoisotopic (exact) mass is 443 g/mol. The van der Waals surface area contributed by atoms with E-state index in [-0.39, 0.29) is 21.4 Å². The number of nitrogens with two attached hydrogens (primary N) is 1. The second kappa shape index (κ2) is 7.85. The number of halogens is 3. The average Bonchev–Trinajstić information content (AvgIpc) is 2.90. The Bertz CT molecular complexity index is 1120. The van der Waals surface area contributed by atoms with Gasteiger partial charge in [0, 0.05) is 5.02 Å². The van der Waals surface area contributed by atoms with Crippen LogP contribution in [0.5, 0.6) is 0 Å². The molecule has 0 spiro atoms. The van der Waals surface area contributed by atoms with Gasteiger partial charge in [0.15, 0.2) is 11.5 Å². The van der Waals surface area contributed by atoms with E-state index in [9.17, 15) is 8.42 Å². The second-order valence-electron chi connectivity index (χ2n) is 5.49. The van der Waals surface area contributed by atoms with E-state index >= 15 is 0 Å². The maximum absolute atomic E-state index is 11.1. The molecule has 1 atom stereocenters. The normalized spacial score (nSPS) is 17.2. The van der Waals surface area contributed by atoms with Crippen molar-refractivity contribution in [1.82, 2.24) is 9.78 Å². The number of alkyl halides is 1. The molecule has 0 aliphatic heterocycles. The Morgan fingerprint density at radius 2 is 1.85 bits per heavy atom. The van der Waals surface area contributed by atoms with Gasteiger partial charge in [0.25, 0.3) is 0 Å². The fraction of sp³-hybridized carbons (Fsp3) is 0.125. The lowest BCUT2D eigenvalue weighted by atomic mass is 10.1. The fourth-order valence-electron chi connectivity index (χ4n) is 2.34. The number of benzene rings is 1. The van der Waals surface area contributed by atoms with Gasteiger partial charge < -0.3 is 5.73 Å². The summed E-state index contributed by atoms with van der Waals surface area (Å²) in [6.45, 7) is 1.74. The predicted octanol–water partition coefficient (Wildman–Crippen LogP) is 4.18. The number of hydrogen-bond donors (Lipinski definition) is 1. The van der Waals surface area contributed by atoms with Crippen molar-refractivity contribution in [3.8, 4) is 5.69 Å². The second-order valence-corrected chi connectivity index (χ2v) is 7.75. The molecule has 0 fully saturated rings. The van der Waals surface area contributed by atoms with Crippen LogP contribution in [0.1, 0.15) is 5.69 Å². The number of anilines is 1. The smallest absolute Gasteiger partial charge is 0.219 e. The van der Waals surface area contributed by atoms with E-state index in [1.54, 1.807) is 31.2 Å². The quantitative estimate of drug-likeness (QED) is 0.436. The van der Waals surface area contributed by atoms with Crippen molar-refractivity contribution in [3.05, 3.63) is 57.9 Å². The molecule has 11 heteroatoms. The molecule has 0 saturated heterocycles. The highest BCUT2D eigenvalue weighted by atomic mass is 35.5. The third kappa shape index (κ3) is 4.08. The summed E-state index contributed by atoms with van der Waals surface area (Å²) in [6.07, 6.45) is 2.64. The van der Waals surface area contributed by atoms with Crippen LogP contribution < -0.4 is 5.73 Å². The summed E-state index contributed by atoms with van der Waals surface area (Å²) >= 11 is 18.0. The van der Waals surface area contributed by atoms with E-state index in [2.05, 4.69) is 15.3 Å². The zero-order chi connectivity index (χ0) is 19.7. The standard InChI is InChI=1S/C16H12Cl3N5O2S/c1-8-15(16(20)24(23-8)10-4-2-9(17)3-5-10)22-21-13-6-12(19)14(27(25)26)7-11(13)18/h2-7,12H,20H2,1H3. The minimum atomic E-state index is -2.47. The molecule has 140 valence electrons. The molecule has 2 aromatic rings. The molecule has 1 aliphatic carbocycles. The Hall–Kier alpha value is -2.13. The molecule has 0 radical (unpaired) electrons. The highest BCUT2D eigenvalue weighted by molar-refractivity contribution is 7.73. The number of allylic oxidation sites excluding steroid dienone is 3. The van der Waals surface area contributed by atoms with Crippen LogP contribution in [0.4, 0.5) is 11.5 Å². The Morgan fingerprint density at radius 1 is 1.19 bits per heavy atom. The van der Waals surface area contributed by atoms with Crippen molar-refractivity contribution in [1.29, 1.82) is 0 Å². The predicted molar refractivity (Wildman–Crippen MR) is 108 cm³/mol. The third-order valence-electron chi connectivity index (χ3n) is 3.67. The SMILES string of the molecule is Cc1nn(-c2ccc(Cl)cc2)c(N)c1N=NC1=CC(Cl)C(=S(=O)=O)C=C1Cl. The first kappa shape index (κ1) is 19.6. The van der Waals surface area contributed by atoms with Crippen molar-refractivity contribution in [3.63, 3.8) is 0 Å². The molecule has 1 heterocycles. The van der Waals surface area contributed by atoms with Gasteiger partial charge in [-0.3, -0.25) is 0 Å². The van der Waals surface area contributed by atoms with Crippen LogP contribution in [0, 0.1) is 6.92 Å². The minimum absolute atomic E-state index is 0.0353. The summed E-state index contributed by atoms with van der Waals surface area (Å²) in [6, 6.07) is 6.99. The number of nitrogens with zero attached hydrogens (tertiary/aromatic N) is 4. The first-order valence-electron chi connectivity index (χ1n) is 7.50. The molecule has 1 unspecified atom stereocenters. The van der Waals surface area contributed by atoms with Gasteiger partial charge in [0.2, 0.25) is 10.3 Å². The van der Waals surface area contributed by atoms with E-state index < -0.39 is 15.7 Å². The largest absolute Gasteiger partial charge is 0.382 e. The van der Waals surface area contributed by atoms with Crippen molar-refractivity contribution in [2.45, 2.75) is 12.3 Å². The molecule has 7 nitrogen and oxygen atoms in total. The summed E-state index contributed by atoms with van der Waals surface area (Å²) in [7, 11) is -2.47. The van der Waals surface area contributed by atoms with Gasteiger partial charge in [0.05, 0.1) is 26.7 Å². The molecular weight excluding hydrogens is 433 g/mol. The van der Waals surface area contributed by atoms with Crippen molar-refractivity contribution >= 4 is 61.5 Å². The van der Waals surface area contributed by atoms with Crippen LogP contribution in [-0.2, 0) is 10.3 Å². The number of aryl methyl sites for hydroxylation is 1. The van der Waals surface area contributed by atoms with Crippen LogP contribution in [0.3, 0.4) is 0 Å². The number of aromatic nitrogens is 2. The van der Waals surface area contributed by atoms with E-state index in [1.165, 1.54) is 16.8 Å². The molecule has 27 heavy (non-hydrogen) atoms. The minimum Gasteiger partial charge on any atom is -0.382 e. The van der Waals surface area contributed by atoms with Gasteiger partial charge in [0.1, 0.15) is 5.70 Å². The highest BCUT2D eigenvalue weighted by Crippen LogP contribution is 2.32. The Labute approximate surface area is 171 Å². The number of nitrogen functional groups attached to an aromatic ring is 1. The van der Waals surface area contributed by atoms with Crippen LogP contribution >= 0.6 is 34.8 Å². The van der Waals surface area contributed by atoms with Crippen LogP contribution in [0.2, 0.25) is 5.02 Å². The van der Waals surface area contributed by atoms with Gasteiger partial charge in [-0.15, -0.1) is 21.8 Å². The van der Waals surface area contributed by atoms with Crippen molar-refractivity contribution in [2.24, 2.45) is 10.2 Å². The maximum atomic E-state index is 11.1. The molecule has 1 aliphatic rings. The van der Waals surface area contributed by atoms with Gasteiger partial charge in [-0.05, 0) is 43.3 Å². The average molecular weight is 445 g/mol. The first-order chi connectivity index (χ1) is 12.8. The summed E-state index contributed by atoms with van der Waals surface area (Å²) in [5.41, 5.74) is 8.02. The maximum Gasteiger partial charge on any atom is 0.219 e. The van der Waals surface area contributed by atoms with E-state index in [0.717, 1.165) is 0 Å². The first-order valence-corrected chi connectivity index (χ1v) is 9.77. The zero-order valence-corrected chi connectivity index (χ0v) is 16.9. The molecule has 1 aromatic heterocycles. The van der Waals surface area contributed by atoms with Crippen molar-refractivity contribution in [2.75, 3.05) is 5.73 Å². The summed E-state index contributed by atoms with van der Waals surface area (Å²) < 4.78 is 23.7. The zero-order valence-electron chi connectivity index (χ0n) is 13.8. The summed E-state index contributed by atoms with van der Waals surface area (Å²) in [4.78, 5) is -0.0353. The Kier molecular flexibility index (Phi) is 5.71. The van der Waals surface area contributed by atoms with Gasteiger partial charge >= 0.3 is 0 Å². The number of rotatable bonds is 3. The number of azo groups is 1. The van der Waals surface area contributed by atoms with Crippen LogP contribution in [-0.4, -0.2) is 28.4 Å². The lowest BCUT2D eigenvalue weighted by molar-refractivity contribution is 0.627. The highest BCUT2D eigenvalue weighted by Gasteiger charge is 2.20. The number of hydrogen-bond acceptors (Lipinski definition) is 6. The van der Waals surface area contributed by atoms with Crippen LogP contribution in [0.15, 0.2) is 57.4 Å². The Morgan fingerprint density at radius 3 is 2.48 bits per heavy atom. The lowest BCUT2D eigenvalue weighted by Gasteiger charge is -2.10. The molecule has 3 rings (SSSR count). The molecule has 1 aromatic carbocycles. The van der Waals surface area contributed by atoms with E-state index in [4.69, 9.17) is 40.5 Å². The van der Waals surface area contributed by atoms with Crippen molar-refractivity contribution < 1.29 is 8.42 Å². The molecule has 0 amide bonds. The van der Waals surface area contributed by atoms with Gasteiger partial charge in [-0.25, -0.2) is 4.68 Å². The molecule has 0 saturated carbocycles. The van der Waals surface area contributed by atoms with E-state index in [0.29, 0.717) is 22.1 Å². The topological polar surface area (TPSA) is 103 Å². The van der Waals surface area contributed by atoms with Crippen LogP contribution in [0.25, 0.3) is 5.69 Å². The molecular formula is C16H12Cl3N5O2S. The third-order valence-corrected chi connectivity index (χ3v) is 5.48. The fourth-order valence-corrected chi connectivity index (χ4v) is 3.62. The van der Waals surface area contributed by atoms with Gasteiger partial charge in [-0.1, -0.05) is 23.2 Å². The summed E-state index contributed by atoms with van der Waals surface area (Å²) in [5, 5.41) is 12.4. The molecule has 2 N–H and O–H groups in total. The van der Waals surface area contributed by atoms with Gasteiger partial charge in [-0.2, -0.15) is 13.5 Å².